The van der Waals surface area contributed by atoms with E-state index in [0.717, 1.165) is 0 Å². The van der Waals surface area contributed by atoms with Crippen LogP contribution >= 0.6 is 27.5 Å². The van der Waals surface area contributed by atoms with Gasteiger partial charge in [0.2, 0.25) is 0 Å². The van der Waals surface area contributed by atoms with Gasteiger partial charge >= 0.3 is 0 Å². The summed E-state index contributed by atoms with van der Waals surface area (Å²) in [6.45, 7) is 0.131. The van der Waals surface area contributed by atoms with Gasteiger partial charge in [-0.05, 0) is 57.9 Å². The van der Waals surface area contributed by atoms with Gasteiger partial charge in [-0.2, -0.15) is 10.5 Å². The maximum Gasteiger partial charge on any atom is 0.266 e. The molecular formula is C24H14BrClFN3O2. The molecule has 0 aliphatic rings. The Hall–Kier alpha value is -3.65. The molecule has 5 nitrogen and oxygen atoms in total. The first-order valence-corrected chi connectivity index (χ1v) is 10.4. The zero-order chi connectivity index (χ0) is 23.1. The number of amides is 1. The number of hydrogen-bond donors (Lipinski definition) is 1. The number of carbonyl (C=O) groups excluding carboxylic acids is 1. The Balaban J connectivity index is 1.80. The number of nitrogens with one attached hydrogen (secondary N) is 1. The molecule has 0 bridgehead atoms. The highest BCUT2D eigenvalue weighted by atomic mass is 79.9. The van der Waals surface area contributed by atoms with Crippen LogP contribution in [-0.4, -0.2) is 5.91 Å². The topological polar surface area (TPSA) is 85.9 Å². The Morgan fingerprint density at radius 1 is 1.16 bits per heavy atom. The van der Waals surface area contributed by atoms with E-state index in [0.29, 0.717) is 26.9 Å². The fourth-order valence-corrected chi connectivity index (χ4v) is 3.76. The molecule has 0 fully saturated rings. The van der Waals surface area contributed by atoms with E-state index >= 15 is 0 Å². The number of benzene rings is 3. The summed E-state index contributed by atoms with van der Waals surface area (Å²) in [4.78, 5) is 12.4. The lowest BCUT2D eigenvalue weighted by Gasteiger charge is -2.12. The van der Waals surface area contributed by atoms with Crippen LogP contribution < -0.4 is 10.1 Å². The number of nitrogens with zero attached hydrogens (tertiary/aromatic N) is 2. The Labute approximate surface area is 197 Å². The van der Waals surface area contributed by atoms with Gasteiger partial charge in [0.1, 0.15) is 24.1 Å². The highest BCUT2D eigenvalue weighted by Gasteiger charge is 2.14. The van der Waals surface area contributed by atoms with Gasteiger partial charge in [-0.15, -0.1) is 0 Å². The van der Waals surface area contributed by atoms with Crippen molar-refractivity contribution in [2.45, 2.75) is 6.61 Å². The fourth-order valence-electron chi connectivity index (χ4n) is 2.77. The van der Waals surface area contributed by atoms with E-state index in [2.05, 4.69) is 27.3 Å². The molecule has 0 aliphatic carbocycles. The molecule has 3 aromatic rings. The first-order valence-electron chi connectivity index (χ1n) is 9.20. The number of nitriles is 2. The second-order valence-electron chi connectivity index (χ2n) is 6.48. The lowest BCUT2D eigenvalue weighted by atomic mass is 10.1. The van der Waals surface area contributed by atoms with Crippen molar-refractivity contribution in [2.75, 3.05) is 5.32 Å². The highest BCUT2D eigenvalue weighted by molar-refractivity contribution is 9.10. The number of anilines is 1. The van der Waals surface area contributed by atoms with Crippen LogP contribution in [0.15, 0.2) is 70.7 Å². The predicted molar refractivity (Wildman–Crippen MR) is 123 cm³/mol. The summed E-state index contributed by atoms with van der Waals surface area (Å²) in [7, 11) is 0. The van der Waals surface area contributed by atoms with Gasteiger partial charge in [0, 0.05) is 5.56 Å². The minimum Gasteiger partial charge on any atom is -0.486 e. The van der Waals surface area contributed by atoms with Crippen LogP contribution in [0.5, 0.6) is 5.75 Å². The molecule has 0 saturated heterocycles. The molecule has 0 heterocycles. The Morgan fingerprint density at radius 2 is 1.88 bits per heavy atom. The van der Waals surface area contributed by atoms with E-state index in [9.17, 15) is 19.7 Å². The van der Waals surface area contributed by atoms with Gasteiger partial charge in [0.15, 0.2) is 5.75 Å². The summed E-state index contributed by atoms with van der Waals surface area (Å²) in [5, 5.41) is 21.2. The van der Waals surface area contributed by atoms with Gasteiger partial charge in [0.05, 0.1) is 26.8 Å². The minimum atomic E-state index is -0.752. The number of carbonyl (C=O) groups is 1. The van der Waals surface area contributed by atoms with Crippen molar-refractivity contribution in [1.82, 2.24) is 0 Å². The number of hydrogen-bond acceptors (Lipinski definition) is 4. The molecule has 1 N–H and O–H groups in total. The van der Waals surface area contributed by atoms with Gasteiger partial charge in [0.25, 0.3) is 5.91 Å². The molecule has 0 aromatic heterocycles. The van der Waals surface area contributed by atoms with Gasteiger partial charge in [-0.3, -0.25) is 4.79 Å². The summed E-state index contributed by atoms with van der Waals surface area (Å²) in [5.74, 6) is -1.01. The molecule has 8 heteroatoms. The second kappa shape index (κ2) is 10.6. The lowest BCUT2D eigenvalue weighted by Crippen LogP contribution is -2.14. The van der Waals surface area contributed by atoms with E-state index in [1.54, 1.807) is 36.4 Å². The van der Waals surface area contributed by atoms with Crippen molar-refractivity contribution in [3.8, 4) is 17.9 Å². The SMILES string of the molecule is N#C/C(=C/c1cc(Cl)c(OCc2ccccc2C#N)c(Br)c1)C(=O)Nc1ccccc1F. The van der Waals surface area contributed by atoms with Crippen molar-refractivity contribution in [3.05, 3.63) is 98.2 Å². The second-order valence-corrected chi connectivity index (χ2v) is 7.74. The lowest BCUT2D eigenvalue weighted by molar-refractivity contribution is -0.112. The minimum absolute atomic E-state index is 0.0285. The summed E-state index contributed by atoms with van der Waals surface area (Å²) >= 11 is 9.73. The molecule has 0 saturated carbocycles. The molecule has 3 aromatic carbocycles. The smallest absolute Gasteiger partial charge is 0.266 e. The summed E-state index contributed by atoms with van der Waals surface area (Å²) in [5.41, 5.74) is 1.41. The van der Waals surface area contributed by atoms with Crippen LogP contribution in [0.4, 0.5) is 10.1 Å². The molecular weight excluding hydrogens is 497 g/mol. The van der Waals surface area contributed by atoms with Gasteiger partial charge in [-0.1, -0.05) is 41.9 Å². The van der Waals surface area contributed by atoms with E-state index in [1.807, 2.05) is 6.07 Å². The number of rotatable bonds is 6. The molecule has 0 aliphatic heterocycles. The molecule has 158 valence electrons. The molecule has 0 spiro atoms. The molecule has 0 atom stereocenters. The summed E-state index contributed by atoms with van der Waals surface area (Å²) in [6.07, 6.45) is 1.33. The van der Waals surface area contributed by atoms with Crippen LogP contribution in [0.3, 0.4) is 0 Å². The number of ether oxygens (including phenoxy) is 1. The van der Waals surface area contributed by atoms with Crippen LogP contribution in [0.1, 0.15) is 16.7 Å². The van der Waals surface area contributed by atoms with Crippen molar-refractivity contribution < 1.29 is 13.9 Å². The monoisotopic (exact) mass is 509 g/mol. The molecule has 0 radical (unpaired) electrons. The van der Waals surface area contributed by atoms with Crippen molar-refractivity contribution >= 4 is 45.2 Å². The first kappa shape index (κ1) is 23.0. The largest absolute Gasteiger partial charge is 0.486 e. The number of para-hydroxylation sites is 1. The third-order valence-corrected chi connectivity index (χ3v) is 5.20. The van der Waals surface area contributed by atoms with Gasteiger partial charge < -0.3 is 10.1 Å². The molecule has 0 unspecified atom stereocenters. The van der Waals surface area contributed by atoms with E-state index in [-0.39, 0.29) is 22.9 Å². The Bertz CT molecular complexity index is 1270. The van der Waals surface area contributed by atoms with Crippen molar-refractivity contribution in [3.63, 3.8) is 0 Å². The zero-order valence-corrected chi connectivity index (χ0v) is 18.7. The Morgan fingerprint density at radius 3 is 2.56 bits per heavy atom. The van der Waals surface area contributed by atoms with Crippen LogP contribution in [0.2, 0.25) is 5.02 Å². The normalized spacial score (nSPS) is 10.7. The fraction of sp³-hybridized carbons (Fsp3) is 0.0417. The Kier molecular flexibility index (Phi) is 7.62. The summed E-state index contributed by atoms with van der Waals surface area (Å²) < 4.78 is 20.0. The van der Waals surface area contributed by atoms with E-state index in [4.69, 9.17) is 16.3 Å². The van der Waals surface area contributed by atoms with Crippen LogP contribution in [0, 0.1) is 28.5 Å². The average molecular weight is 511 g/mol. The average Bonchev–Trinajstić information content (AvgIpc) is 2.78. The van der Waals surface area contributed by atoms with Gasteiger partial charge in [-0.25, -0.2) is 4.39 Å². The third-order valence-electron chi connectivity index (χ3n) is 4.33. The van der Waals surface area contributed by atoms with Crippen molar-refractivity contribution in [2.24, 2.45) is 0 Å². The molecule has 32 heavy (non-hydrogen) atoms. The first-order chi connectivity index (χ1) is 15.4. The third kappa shape index (κ3) is 5.53. The zero-order valence-electron chi connectivity index (χ0n) is 16.4. The molecule has 1 amide bonds. The molecule has 3 rings (SSSR count). The van der Waals surface area contributed by atoms with E-state index < -0.39 is 11.7 Å². The maximum absolute atomic E-state index is 13.8. The van der Waals surface area contributed by atoms with Crippen LogP contribution in [0.25, 0.3) is 6.08 Å². The standard InChI is InChI=1S/C24H14BrClFN3O2/c25-19-10-15(9-18(13-29)24(31)30-22-8-4-3-7-21(22)27)11-20(26)23(19)32-14-17-6-2-1-5-16(17)12-28/h1-11H,14H2,(H,30,31)/b18-9-. The van der Waals surface area contributed by atoms with Crippen molar-refractivity contribution in [1.29, 1.82) is 10.5 Å². The number of halogens is 3. The maximum atomic E-state index is 13.8. The van der Waals surface area contributed by atoms with Crippen LogP contribution in [-0.2, 0) is 11.4 Å². The predicted octanol–water partition coefficient (Wildman–Crippen LogP) is 6.24. The van der Waals surface area contributed by atoms with E-state index in [1.165, 1.54) is 30.3 Å². The quantitative estimate of drug-likeness (QED) is 0.314. The summed E-state index contributed by atoms with van der Waals surface area (Å²) in [6, 6.07) is 19.8. The highest BCUT2D eigenvalue weighted by Crippen LogP contribution is 2.36.